The Morgan fingerprint density at radius 3 is 2.71 bits per heavy atom. The molecule has 1 fully saturated rings. The Morgan fingerprint density at radius 2 is 2.00 bits per heavy atom. The number of hydrogen-bond acceptors (Lipinski definition) is 2. The van der Waals surface area contributed by atoms with Crippen LogP contribution in [0.3, 0.4) is 0 Å². The van der Waals surface area contributed by atoms with Crippen LogP contribution in [-0.4, -0.2) is 20.1 Å². The van der Waals surface area contributed by atoms with E-state index in [1.165, 1.54) is 10.0 Å². The Kier molecular flexibility index (Phi) is 4.10. The second kappa shape index (κ2) is 5.73. The van der Waals surface area contributed by atoms with Gasteiger partial charge in [-0.05, 0) is 22.5 Å². The average molecular weight is 365 g/mol. The highest BCUT2D eigenvalue weighted by Crippen LogP contribution is 2.48. The fourth-order valence-corrected chi connectivity index (χ4v) is 7.84. The summed E-state index contributed by atoms with van der Waals surface area (Å²) in [6, 6.07) is 11.8. The van der Waals surface area contributed by atoms with E-state index in [0.717, 1.165) is 12.5 Å². The quantitative estimate of drug-likeness (QED) is 0.584. The largest absolute Gasteiger partial charge is 0.462 e. The van der Waals surface area contributed by atoms with Crippen molar-refractivity contribution in [2.45, 2.75) is 43.6 Å². The Labute approximate surface area is 135 Å². The van der Waals surface area contributed by atoms with Gasteiger partial charge in [0.2, 0.25) is 0 Å². The normalized spacial score (nSPS) is 28.8. The van der Waals surface area contributed by atoms with Gasteiger partial charge in [0.15, 0.2) is 0 Å². The predicted octanol–water partition coefficient (Wildman–Crippen LogP) is 4.46. The molecule has 0 saturated carbocycles. The third-order valence-corrected chi connectivity index (χ3v) is 9.68. The molecule has 0 N–H and O–H groups in total. The molecular weight excluding hydrogens is 344 g/mol. The molecule has 21 heavy (non-hydrogen) atoms. The minimum absolute atomic E-state index is 0.0354. The number of hydrogen-bond donors (Lipinski definition) is 0. The molecule has 0 unspecified atom stereocenters. The first-order chi connectivity index (χ1) is 9.97. The lowest BCUT2D eigenvalue weighted by molar-refractivity contribution is -0.141. The molecule has 1 aromatic rings. The van der Waals surface area contributed by atoms with Crippen molar-refractivity contribution < 1.29 is 9.53 Å². The Balaban J connectivity index is 1.83. The third-order valence-electron chi connectivity index (χ3n) is 4.87. The van der Waals surface area contributed by atoms with Gasteiger partial charge in [-0.25, -0.2) is 0 Å². The molecule has 112 valence electrons. The monoisotopic (exact) mass is 364 g/mol. The van der Waals surface area contributed by atoms with E-state index in [1.807, 2.05) is 0 Å². The summed E-state index contributed by atoms with van der Waals surface area (Å²) in [6.07, 6.45) is 3.92. The number of rotatable bonds is 3. The van der Waals surface area contributed by atoms with Gasteiger partial charge in [-0.2, -0.15) is 0 Å². The van der Waals surface area contributed by atoms with Gasteiger partial charge >= 0.3 is 5.97 Å². The maximum absolute atomic E-state index is 11.7. The molecule has 0 aromatic heterocycles. The molecule has 0 spiro atoms. The van der Waals surface area contributed by atoms with E-state index in [0.29, 0.717) is 12.0 Å². The molecule has 2 nitrogen and oxygen atoms in total. The first-order valence-electron chi connectivity index (χ1n) is 7.56. The summed E-state index contributed by atoms with van der Waals surface area (Å²) in [6.45, 7) is 4.86. The summed E-state index contributed by atoms with van der Waals surface area (Å²) < 4.78 is 6.86. The molecule has 0 amide bonds. The molecule has 3 rings (SSSR count). The maximum atomic E-state index is 11.7. The predicted molar refractivity (Wildman–Crippen MR) is 91.0 cm³/mol. The summed E-state index contributed by atoms with van der Waals surface area (Å²) >= 11 is 3.63. The highest BCUT2D eigenvalue weighted by Gasteiger charge is 2.49. The standard InChI is InChI=1S/C17H21BrO2Si/c1-21(2,11-12-6-4-3-5-7-12)15-9-8-14(18)13-10-16(19)20-17(13)15/h3-8,13,15,17H,9-11H2,1-2H3/t13-,15+,17-/m1/s1. The lowest BCUT2D eigenvalue weighted by Crippen LogP contribution is -2.44. The van der Waals surface area contributed by atoms with Crippen molar-refractivity contribution in [2.75, 3.05) is 0 Å². The molecule has 1 aliphatic carbocycles. The Hall–Kier alpha value is -0.873. The fraction of sp³-hybridized carbons (Fsp3) is 0.471. The molecule has 1 aromatic carbocycles. The summed E-state index contributed by atoms with van der Waals surface area (Å²) in [4.78, 5) is 11.7. The van der Waals surface area contributed by atoms with E-state index in [1.54, 1.807) is 0 Å². The van der Waals surface area contributed by atoms with Gasteiger partial charge in [-0.15, -0.1) is 0 Å². The van der Waals surface area contributed by atoms with E-state index in [4.69, 9.17) is 4.74 Å². The van der Waals surface area contributed by atoms with Gasteiger partial charge < -0.3 is 4.74 Å². The van der Waals surface area contributed by atoms with Crippen molar-refractivity contribution in [1.82, 2.24) is 0 Å². The van der Waals surface area contributed by atoms with Crippen LogP contribution in [0.25, 0.3) is 0 Å². The zero-order valence-corrected chi connectivity index (χ0v) is 15.1. The molecule has 3 atom stereocenters. The van der Waals surface area contributed by atoms with Crippen LogP contribution < -0.4 is 0 Å². The van der Waals surface area contributed by atoms with E-state index in [9.17, 15) is 4.79 Å². The van der Waals surface area contributed by atoms with Gasteiger partial charge in [-0.3, -0.25) is 4.79 Å². The fourth-order valence-electron chi connectivity index (χ4n) is 3.74. The van der Waals surface area contributed by atoms with Crippen LogP contribution in [0.15, 0.2) is 40.9 Å². The maximum Gasteiger partial charge on any atom is 0.306 e. The summed E-state index contributed by atoms with van der Waals surface area (Å²) in [7, 11) is -1.53. The van der Waals surface area contributed by atoms with Crippen molar-refractivity contribution in [3.8, 4) is 0 Å². The van der Waals surface area contributed by atoms with Gasteiger partial charge in [-0.1, -0.05) is 71.0 Å². The second-order valence-corrected chi connectivity index (χ2v) is 12.8. The molecule has 2 aliphatic rings. The van der Waals surface area contributed by atoms with Crippen LogP contribution in [0.2, 0.25) is 18.6 Å². The number of esters is 1. The molecule has 0 radical (unpaired) electrons. The van der Waals surface area contributed by atoms with Crippen LogP contribution in [0, 0.1) is 5.92 Å². The van der Waals surface area contributed by atoms with Crippen LogP contribution in [-0.2, 0) is 15.6 Å². The topological polar surface area (TPSA) is 26.3 Å². The number of fused-ring (bicyclic) bond motifs is 1. The average Bonchev–Trinajstić information content (AvgIpc) is 2.81. The summed E-state index contributed by atoms with van der Waals surface area (Å²) in [5, 5.41) is 0. The van der Waals surface area contributed by atoms with Crippen molar-refractivity contribution in [3.63, 3.8) is 0 Å². The third kappa shape index (κ3) is 3.02. The van der Waals surface area contributed by atoms with Gasteiger partial charge in [0, 0.05) is 5.92 Å². The molecule has 0 bridgehead atoms. The smallest absolute Gasteiger partial charge is 0.306 e. The minimum Gasteiger partial charge on any atom is -0.462 e. The molecule has 1 heterocycles. The first-order valence-corrected chi connectivity index (χ1v) is 11.6. The number of benzene rings is 1. The zero-order chi connectivity index (χ0) is 15.0. The van der Waals surface area contributed by atoms with E-state index in [-0.39, 0.29) is 18.0 Å². The van der Waals surface area contributed by atoms with E-state index in [2.05, 4.69) is 65.4 Å². The highest BCUT2D eigenvalue weighted by molar-refractivity contribution is 9.11. The summed E-state index contributed by atoms with van der Waals surface area (Å²) in [5.74, 6) is 0.213. The Bertz CT molecular complexity index is 567. The van der Waals surface area contributed by atoms with Crippen molar-refractivity contribution >= 4 is 30.0 Å². The molecule has 4 heteroatoms. The number of allylic oxidation sites excluding steroid dienone is 1. The SMILES string of the molecule is C[Si](C)(Cc1ccccc1)[C@H]1CC=C(Br)[C@H]2CC(=O)O[C@H]21. The van der Waals surface area contributed by atoms with Crippen LogP contribution >= 0.6 is 15.9 Å². The molecule has 1 aliphatic heterocycles. The summed E-state index contributed by atoms with van der Waals surface area (Å²) in [5.41, 5.74) is 1.92. The van der Waals surface area contributed by atoms with Crippen LogP contribution in [0.4, 0.5) is 0 Å². The van der Waals surface area contributed by atoms with Gasteiger partial charge in [0.25, 0.3) is 0 Å². The second-order valence-electron chi connectivity index (χ2n) is 6.85. The number of carbonyl (C=O) groups excluding carboxylic acids is 1. The minimum atomic E-state index is -1.53. The zero-order valence-electron chi connectivity index (χ0n) is 12.5. The highest BCUT2D eigenvalue weighted by atomic mass is 79.9. The van der Waals surface area contributed by atoms with Crippen LogP contribution in [0.5, 0.6) is 0 Å². The van der Waals surface area contributed by atoms with E-state index < -0.39 is 8.07 Å². The molecule has 1 saturated heterocycles. The van der Waals surface area contributed by atoms with Gasteiger partial charge in [0.1, 0.15) is 6.10 Å². The van der Waals surface area contributed by atoms with Crippen molar-refractivity contribution in [1.29, 1.82) is 0 Å². The van der Waals surface area contributed by atoms with Crippen molar-refractivity contribution in [3.05, 3.63) is 46.5 Å². The lowest BCUT2D eigenvalue weighted by atomic mass is 9.91. The van der Waals surface area contributed by atoms with Crippen molar-refractivity contribution in [2.24, 2.45) is 5.92 Å². The molecular formula is C17H21BrO2Si. The van der Waals surface area contributed by atoms with E-state index >= 15 is 0 Å². The Morgan fingerprint density at radius 1 is 1.29 bits per heavy atom. The number of ether oxygens (including phenoxy) is 1. The number of halogens is 1. The van der Waals surface area contributed by atoms with Gasteiger partial charge in [0.05, 0.1) is 14.5 Å². The number of carbonyl (C=O) groups is 1. The lowest BCUT2D eigenvalue weighted by Gasteiger charge is -2.40. The first kappa shape index (κ1) is 15.0. The van der Waals surface area contributed by atoms with Crippen LogP contribution in [0.1, 0.15) is 18.4 Å².